The molecule has 6 heteroatoms. The summed E-state index contributed by atoms with van der Waals surface area (Å²) in [6, 6.07) is 3.51. The largest absolute Gasteiger partial charge is 0.384 e. The molecule has 0 aliphatic carbocycles. The van der Waals surface area contributed by atoms with Crippen LogP contribution in [0.4, 0.5) is 5.69 Å². The average Bonchev–Trinajstić information content (AvgIpc) is 2.62. The van der Waals surface area contributed by atoms with Gasteiger partial charge < -0.3 is 5.32 Å². The predicted molar refractivity (Wildman–Crippen MR) is 69.7 cm³/mol. The van der Waals surface area contributed by atoms with Crippen molar-refractivity contribution in [3.8, 4) is 0 Å². The number of hydrogen-bond acceptors (Lipinski definition) is 4. The molecule has 0 aliphatic heterocycles. The van der Waals surface area contributed by atoms with Gasteiger partial charge >= 0.3 is 0 Å². The topological polar surface area (TPSA) is 64.7 Å². The van der Waals surface area contributed by atoms with E-state index >= 15 is 0 Å². The molecule has 0 saturated carbocycles. The van der Waals surface area contributed by atoms with E-state index < -0.39 is 0 Å². The number of anilines is 1. The second-order valence-electron chi connectivity index (χ2n) is 4.17. The Morgan fingerprint density at radius 3 is 2.72 bits per heavy atom. The minimum atomic E-state index is -0.118. The number of hydrogen-bond donors (Lipinski definition) is 1. The lowest BCUT2D eigenvalue weighted by Crippen LogP contribution is -2.24. The number of aryl methyl sites for hydroxylation is 2. The van der Waals surface area contributed by atoms with Gasteiger partial charge in [0.15, 0.2) is 0 Å². The van der Waals surface area contributed by atoms with Crippen molar-refractivity contribution in [1.29, 1.82) is 0 Å². The lowest BCUT2D eigenvalue weighted by molar-refractivity contribution is 0.591. The van der Waals surface area contributed by atoms with E-state index in [1.54, 1.807) is 16.9 Å². The van der Waals surface area contributed by atoms with Crippen molar-refractivity contribution in [2.45, 2.75) is 20.4 Å². The molecule has 0 aromatic carbocycles. The molecule has 2 aromatic heterocycles. The molecule has 0 fully saturated rings. The number of nitrogens with zero attached hydrogens (tertiary/aromatic N) is 4. The van der Waals surface area contributed by atoms with Crippen molar-refractivity contribution in [2.24, 2.45) is 7.05 Å². The Morgan fingerprint density at radius 2 is 2.17 bits per heavy atom. The molecule has 0 saturated heterocycles. The number of nitrogens with one attached hydrogen (secondary N) is 1. The summed E-state index contributed by atoms with van der Waals surface area (Å²) in [6.07, 6.45) is 1.66. The lowest BCUT2D eigenvalue weighted by Gasteiger charge is -2.06. The van der Waals surface area contributed by atoms with Gasteiger partial charge in [-0.05, 0) is 19.9 Å². The van der Waals surface area contributed by atoms with Gasteiger partial charge in [0.05, 0.1) is 29.8 Å². The maximum Gasteiger partial charge on any atom is 0.269 e. The van der Waals surface area contributed by atoms with Gasteiger partial charge in [0, 0.05) is 19.7 Å². The quantitative estimate of drug-likeness (QED) is 0.866. The van der Waals surface area contributed by atoms with E-state index in [1.165, 1.54) is 4.68 Å². The standard InChI is InChI=1S/C12H17N5O/c1-4-13-10-6-12(18)17(14-7-10)8-11-5-9(2)15-16(11)3/h5-7,13H,4,8H2,1-3H3. The van der Waals surface area contributed by atoms with Crippen LogP contribution in [0.1, 0.15) is 18.3 Å². The molecule has 0 amide bonds. The van der Waals surface area contributed by atoms with E-state index in [0.29, 0.717) is 6.54 Å². The first kappa shape index (κ1) is 12.3. The minimum Gasteiger partial charge on any atom is -0.384 e. The molecule has 0 unspecified atom stereocenters. The highest BCUT2D eigenvalue weighted by Crippen LogP contribution is 2.04. The van der Waals surface area contributed by atoms with Crippen LogP contribution in [0.15, 0.2) is 23.1 Å². The van der Waals surface area contributed by atoms with Crippen molar-refractivity contribution in [2.75, 3.05) is 11.9 Å². The Hall–Kier alpha value is -2.11. The van der Waals surface area contributed by atoms with Crippen LogP contribution in [0, 0.1) is 6.92 Å². The Balaban J connectivity index is 2.24. The van der Waals surface area contributed by atoms with Gasteiger partial charge in [0.2, 0.25) is 0 Å². The van der Waals surface area contributed by atoms with Crippen LogP contribution in [0.5, 0.6) is 0 Å². The van der Waals surface area contributed by atoms with Gasteiger partial charge in [-0.3, -0.25) is 9.48 Å². The summed E-state index contributed by atoms with van der Waals surface area (Å²) in [6.45, 7) is 5.10. The number of aromatic nitrogens is 4. The molecule has 0 atom stereocenters. The Bertz CT molecular complexity index is 599. The van der Waals surface area contributed by atoms with Gasteiger partial charge in [-0.2, -0.15) is 10.2 Å². The van der Waals surface area contributed by atoms with E-state index in [2.05, 4.69) is 15.5 Å². The first-order valence-electron chi connectivity index (χ1n) is 5.90. The van der Waals surface area contributed by atoms with E-state index in [1.807, 2.05) is 27.0 Å². The van der Waals surface area contributed by atoms with E-state index in [-0.39, 0.29) is 5.56 Å². The van der Waals surface area contributed by atoms with E-state index in [4.69, 9.17) is 0 Å². The molecule has 0 aliphatic rings. The minimum absolute atomic E-state index is 0.118. The Labute approximate surface area is 105 Å². The second-order valence-corrected chi connectivity index (χ2v) is 4.17. The zero-order valence-corrected chi connectivity index (χ0v) is 10.8. The fraction of sp³-hybridized carbons (Fsp3) is 0.417. The van der Waals surface area contributed by atoms with E-state index in [9.17, 15) is 4.79 Å². The zero-order chi connectivity index (χ0) is 13.1. The van der Waals surface area contributed by atoms with Crippen LogP contribution in [0.3, 0.4) is 0 Å². The van der Waals surface area contributed by atoms with Gasteiger partial charge in [0.25, 0.3) is 5.56 Å². The highest BCUT2D eigenvalue weighted by molar-refractivity contribution is 5.38. The molecule has 2 heterocycles. The van der Waals surface area contributed by atoms with Crippen LogP contribution in [0.25, 0.3) is 0 Å². The van der Waals surface area contributed by atoms with Crippen molar-refractivity contribution in [3.05, 3.63) is 40.1 Å². The smallest absolute Gasteiger partial charge is 0.269 e. The molecule has 0 spiro atoms. The van der Waals surface area contributed by atoms with Gasteiger partial charge in [-0.15, -0.1) is 0 Å². The number of rotatable bonds is 4. The highest BCUT2D eigenvalue weighted by atomic mass is 16.1. The van der Waals surface area contributed by atoms with Crippen LogP contribution in [-0.2, 0) is 13.6 Å². The van der Waals surface area contributed by atoms with Crippen LogP contribution in [-0.4, -0.2) is 26.1 Å². The van der Waals surface area contributed by atoms with Crippen LogP contribution < -0.4 is 10.9 Å². The average molecular weight is 247 g/mol. The SMILES string of the molecule is CCNc1cnn(Cc2cc(C)nn2C)c(=O)c1. The Kier molecular flexibility index (Phi) is 3.45. The molecule has 6 nitrogen and oxygen atoms in total. The van der Waals surface area contributed by atoms with Crippen molar-refractivity contribution < 1.29 is 0 Å². The maximum absolute atomic E-state index is 11.9. The summed E-state index contributed by atoms with van der Waals surface area (Å²) in [4.78, 5) is 11.9. The van der Waals surface area contributed by atoms with Gasteiger partial charge in [-0.25, -0.2) is 4.68 Å². The molecule has 1 N–H and O–H groups in total. The molecule has 2 aromatic rings. The second kappa shape index (κ2) is 5.03. The molecule has 18 heavy (non-hydrogen) atoms. The summed E-state index contributed by atoms with van der Waals surface area (Å²) < 4.78 is 3.19. The third-order valence-electron chi connectivity index (χ3n) is 2.66. The fourth-order valence-corrected chi connectivity index (χ4v) is 1.82. The normalized spacial score (nSPS) is 10.6. The zero-order valence-electron chi connectivity index (χ0n) is 10.8. The first-order chi connectivity index (χ1) is 8.60. The molecule has 96 valence electrons. The molecular formula is C12H17N5O. The van der Waals surface area contributed by atoms with Gasteiger partial charge in [-0.1, -0.05) is 0 Å². The third kappa shape index (κ3) is 2.58. The maximum atomic E-state index is 11.9. The Morgan fingerprint density at radius 1 is 1.39 bits per heavy atom. The summed E-state index contributed by atoms with van der Waals surface area (Å²) in [5, 5.41) is 11.4. The molecule has 2 rings (SSSR count). The first-order valence-corrected chi connectivity index (χ1v) is 5.90. The summed E-state index contributed by atoms with van der Waals surface area (Å²) >= 11 is 0. The molecule has 0 radical (unpaired) electrons. The molecular weight excluding hydrogens is 230 g/mol. The molecule has 0 bridgehead atoms. The fourth-order valence-electron chi connectivity index (χ4n) is 1.82. The van der Waals surface area contributed by atoms with Gasteiger partial charge in [0.1, 0.15) is 0 Å². The van der Waals surface area contributed by atoms with Crippen molar-refractivity contribution >= 4 is 5.69 Å². The van der Waals surface area contributed by atoms with Crippen LogP contribution in [0.2, 0.25) is 0 Å². The highest BCUT2D eigenvalue weighted by Gasteiger charge is 2.05. The summed E-state index contributed by atoms with van der Waals surface area (Å²) in [7, 11) is 1.86. The van der Waals surface area contributed by atoms with Crippen LogP contribution >= 0.6 is 0 Å². The lowest BCUT2D eigenvalue weighted by atomic mass is 10.3. The van der Waals surface area contributed by atoms with Crippen molar-refractivity contribution in [3.63, 3.8) is 0 Å². The van der Waals surface area contributed by atoms with Crippen molar-refractivity contribution in [1.82, 2.24) is 19.6 Å². The third-order valence-corrected chi connectivity index (χ3v) is 2.66. The van der Waals surface area contributed by atoms with E-state index in [0.717, 1.165) is 23.6 Å². The predicted octanol–water partition coefficient (Wildman–Crippen LogP) is 0.765. The monoisotopic (exact) mass is 247 g/mol. The summed E-state index contributed by atoms with van der Waals surface area (Å²) in [5.74, 6) is 0. The summed E-state index contributed by atoms with van der Waals surface area (Å²) in [5.41, 5.74) is 2.52.